The molecule has 0 amide bonds. The summed E-state index contributed by atoms with van der Waals surface area (Å²) in [6.45, 7) is 6.05. The molecule has 0 radical (unpaired) electrons. The van der Waals surface area contributed by atoms with E-state index in [4.69, 9.17) is 5.73 Å². The van der Waals surface area contributed by atoms with Gasteiger partial charge in [-0.2, -0.15) is 0 Å². The Bertz CT molecular complexity index is 468. The lowest BCUT2D eigenvalue weighted by Gasteiger charge is -2.46. The number of aryl methyl sites for hydroxylation is 1. The lowest BCUT2D eigenvalue weighted by atomic mass is 9.65. The number of guanidine groups is 1. The van der Waals surface area contributed by atoms with Crippen molar-refractivity contribution in [2.24, 2.45) is 16.1 Å². The van der Waals surface area contributed by atoms with Crippen LogP contribution in [0.5, 0.6) is 0 Å². The van der Waals surface area contributed by atoms with E-state index in [0.29, 0.717) is 12.4 Å². The summed E-state index contributed by atoms with van der Waals surface area (Å²) >= 11 is 0. The van der Waals surface area contributed by atoms with Crippen LogP contribution in [0.1, 0.15) is 25.8 Å². The van der Waals surface area contributed by atoms with E-state index in [2.05, 4.69) is 10.3 Å². The number of rotatable bonds is 2. The molecule has 98 valence electrons. The van der Waals surface area contributed by atoms with Gasteiger partial charge in [0.15, 0.2) is 5.96 Å². The largest absolute Gasteiger partial charge is 0.392 e. The molecular formula is C14H21N3O. The topological polar surface area (TPSA) is 70.6 Å². The minimum Gasteiger partial charge on any atom is -0.392 e. The van der Waals surface area contributed by atoms with Crippen LogP contribution >= 0.6 is 0 Å². The Morgan fingerprint density at radius 3 is 2.78 bits per heavy atom. The van der Waals surface area contributed by atoms with Gasteiger partial charge in [0.25, 0.3) is 0 Å². The van der Waals surface area contributed by atoms with Crippen LogP contribution < -0.4 is 11.1 Å². The molecule has 0 bridgehead atoms. The molecule has 0 aromatic heterocycles. The molecule has 1 aromatic rings. The molecule has 2 rings (SSSR count). The maximum Gasteiger partial charge on any atom is 0.193 e. The highest BCUT2D eigenvalue weighted by Gasteiger charge is 2.47. The SMILES string of the molecule is Cc1cccc(NC(N)=NC2CC(O)C2(C)C)c1. The van der Waals surface area contributed by atoms with Crippen molar-refractivity contribution >= 4 is 11.6 Å². The highest BCUT2D eigenvalue weighted by Crippen LogP contribution is 2.42. The average Bonchev–Trinajstić information content (AvgIpc) is 2.28. The van der Waals surface area contributed by atoms with Crippen molar-refractivity contribution in [2.75, 3.05) is 5.32 Å². The zero-order valence-corrected chi connectivity index (χ0v) is 11.1. The molecule has 1 saturated carbocycles. The second-order valence-electron chi connectivity index (χ2n) is 5.60. The van der Waals surface area contributed by atoms with Gasteiger partial charge in [0.2, 0.25) is 0 Å². The number of aliphatic imine (C=N–C) groups is 1. The minimum absolute atomic E-state index is 0.0878. The molecular weight excluding hydrogens is 226 g/mol. The summed E-state index contributed by atoms with van der Waals surface area (Å²) in [4.78, 5) is 4.43. The summed E-state index contributed by atoms with van der Waals surface area (Å²) in [5.41, 5.74) is 7.82. The van der Waals surface area contributed by atoms with Crippen molar-refractivity contribution in [3.8, 4) is 0 Å². The Morgan fingerprint density at radius 1 is 1.50 bits per heavy atom. The van der Waals surface area contributed by atoms with Crippen LogP contribution in [0.25, 0.3) is 0 Å². The Kier molecular flexibility index (Phi) is 3.30. The minimum atomic E-state index is -0.280. The molecule has 4 nitrogen and oxygen atoms in total. The van der Waals surface area contributed by atoms with Crippen LogP contribution in [0, 0.1) is 12.3 Å². The summed E-state index contributed by atoms with van der Waals surface area (Å²) in [6, 6.07) is 8.07. The number of nitrogens with one attached hydrogen (secondary N) is 1. The van der Waals surface area contributed by atoms with Crippen molar-refractivity contribution in [2.45, 2.75) is 39.3 Å². The van der Waals surface area contributed by atoms with E-state index in [1.807, 2.05) is 45.0 Å². The van der Waals surface area contributed by atoms with E-state index >= 15 is 0 Å². The van der Waals surface area contributed by atoms with Crippen molar-refractivity contribution in [1.82, 2.24) is 0 Å². The highest BCUT2D eigenvalue weighted by molar-refractivity contribution is 5.92. The predicted molar refractivity (Wildman–Crippen MR) is 74.6 cm³/mol. The molecule has 1 fully saturated rings. The number of hydrogen-bond donors (Lipinski definition) is 3. The monoisotopic (exact) mass is 247 g/mol. The number of aliphatic hydroxyl groups is 1. The Labute approximate surface area is 108 Å². The predicted octanol–water partition coefficient (Wildman–Crippen LogP) is 1.88. The smallest absolute Gasteiger partial charge is 0.193 e. The van der Waals surface area contributed by atoms with Gasteiger partial charge in [0, 0.05) is 11.1 Å². The van der Waals surface area contributed by atoms with Crippen molar-refractivity contribution < 1.29 is 5.11 Å². The fourth-order valence-corrected chi connectivity index (χ4v) is 2.17. The first-order chi connectivity index (χ1) is 8.39. The normalized spacial score (nSPS) is 26.6. The fraction of sp³-hybridized carbons (Fsp3) is 0.500. The molecule has 1 aliphatic rings. The van der Waals surface area contributed by atoms with Gasteiger partial charge >= 0.3 is 0 Å². The van der Waals surface area contributed by atoms with Gasteiger partial charge in [-0.15, -0.1) is 0 Å². The first kappa shape index (κ1) is 12.9. The number of aliphatic hydroxyl groups excluding tert-OH is 1. The molecule has 4 N–H and O–H groups in total. The van der Waals surface area contributed by atoms with Crippen LogP contribution in [0.15, 0.2) is 29.3 Å². The quantitative estimate of drug-likeness (QED) is 0.552. The van der Waals surface area contributed by atoms with Crippen LogP contribution in [-0.2, 0) is 0 Å². The van der Waals surface area contributed by atoms with E-state index in [1.165, 1.54) is 5.56 Å². The first-order valence-corrected chi connectivity index (χ1v) is 6.24. The van der Waals surface area contributed by atoms with E-state index in [-0.39, 0.29) is 17.6 Å². The van der Waals surface area contributed by atoms with Gasteiger partial charge in [-0.05, 0) is 31.0 Å². The van der Waals surface area contributed by atoms with E-state index < -0.39 is 0 Å². The summed E-state index contributed by atoms with van der Waals surface area (Å²) in [7, 11) is 0. The van der Waals surface area contributed by atoms with E-state index in [9.17, 15) is 5.11 Å². The Morgan fingerprint density at radius 2 is 2.22 bits per heavy atom. The zero-order chi connectivity index (χ0) is 13.3. The maximum atomic E-state index is 9.65. The van der Waals surface area contributed by atoms with Crippen LogP contribution in [-0.4, -0.2) is 23.2 Å². The van der Waals surface area contributed by atoms with Gasteiger partial charge < -0.3 is 16.2 Å². The molecule has 4 heteroatoms. The molecule has 2 atom stereocenters. The lowest BCUT2D eigenvalue weighted by molar-refractivity contribution is -0.0576. The lowest BCUT2D eigenvalue weighted by Crippen LogP contribution is -2.53. The number of benzene rings is 1. The summed E-state index contributed by atoms with van der Waals surface area (Å²) < 4.78 is 0. The third-order valence-corrected chi connectivity index (χ3v) is 3.75. The molecule has 18 heavy (non-hydrogen) atoms. The van der Waals surface area contributed by atoms with E-state index in [0.717, 1.165) is 5.69 Å². The second kappa shape index (κ2) is 4.61. The number of anilines is 1. The molecule has 0 aliphatic heterocycles. The van der Waals surface area contributed by atoms with E-state index in [1.54, 1.807) is 0 Å². The molecule has 1 aromatic carbocycles. The Balaban J connectivity index is 2.02. The highest BCUT2D eigenvalue weighted by atomic mass is 16.3. The molecule has 0 spiro atoms. The van der Waals surface area contributed by atoms with Gasteiger partial charge in [-0.3, -0.25) is 0 Å². The molecule has 0 heterocycles. The number of nitrogens with zero attached hydrogens (tertiary/aromatic N) is 1. The standard InChI is InChI=1S/C14H21N3O/c1-9-5-4-6-10(7-9)16-13(15)17-11-8-12(18)14(11,2)3/h4-7,11-12,18H,8H2,1-3H3,(H3,15,16,17). The first-order valence-electron chi connectivity index (χ1n) is 6.24. The van der Waals surface area contributed by atoms with Crippen LogP contribution in [0.2, 0.25) is 0 Å². The fourth-order valence-electron chi connectivity index (χ4n) is 2.17. The number of nitrogens with two attached hydrogens (primary N) is 1. The maximum absolute atomic E-state index is 9.65. The molecule has 1 aliphatic carbocycles. The molecule has 2 unspecified atom stereocenters. The van der Waals surface area contributed by atoms with Crippen LogP contribution in [0.3, 0.4) is 0 Å². The van der Waals surface area contributed by atoms with Crippen LogP contribution in [0.4, 0.5) is 5.69 Å². The third kappa shape index (κ3) is 2.48. The zero-order valence-electron chi connectivity index (χ0n) is 11.1. The molecule has 0 saturated heterocycles. The van der Waals surface area contributed by atoms with Crippen molar-refractivity contribution in [3.63, 3.8) is 0 Å². The Hall–Kier alpha value is -1.55. The summed E-state index contributed by atoms with van der Waals surface area (Å²) in [6.07, 6.45) is 0.404. The van der Waals surface area contributed by atoms with Gasteiger partial charge in [-0.1, -0.05) is 26.0 Å². The number of hydrogen-bond acceptors (Lipinski definition) is 2. The second-order valence-corrected chi connectivity index (χ2v) is 5.60. The van der Waals surface area contributed by atoms with Crippen molar-refractivity contribution in [3.05, 3.63) is 29.8 Å². The van der Waals surface area contributed by atoms with Gasteiger partial charge in [-0.25, -0.2) is 4.99 Å². The van der Waals surface area contributed by atoms with Gasteiger partial charge in [0.05, 0.1) is 12.1 Å². The summed E-state index contributed by atoms with van der Waals surface area (Å²) in [5, 5.41) is 12.7. The van der Waals surface area contributed by atoms with Gasteiger partial charge in [0.1, 0.15) is 0 Å². The third-order valence-electron chi connectivity index (χ3n) is 3.75. The summed E-state index contributed by atoms with van der Waals surface area (Å²) in [5.74, 6) is 0.408. The van der Waals surface area contributed by atoms with Crippen molar-refractivity contribution in [1.29, 1.82) is 0 Å². The average molecular weight is 247 g/mol.